The molecule has 0 aromatic heterocycles. The predicted octanol–water partition coefficient (Wildman–Crippen LogP) is 1.21. The summed E-state index contributed by atoms with van der Waals surface area (Å²) in [4.78, 5) is 13.4. The summed E-state index contributed by atoms with van der Waals surface area (Å²) < 4.78 is 5.22. The number of halogens is 1. The molecule has 1 atom stereocenters. The molecule has 0 saturated carbocycles. The van der Waals surface area contributed by atoms with E-state index in [1.165, 1.54) is 0 Å². The molecule has 0 aliphatic carbocycles. The fourth-order valence-corrected chi connectivity index (χ4v) is 1.98. The van der Waals surface area contributed by atoms with Gasteiger partial charge in [-0.05, 0) is 18.2 Å². The van der Waals surface area contributed by atoms with Gasteiger partial charge in [-0.1, -0.05) is 11.6 Å². The maximum absolute atomic E-state index is 11.8. The van der Waals surface area contributed by atoms with Gasteiger partial charge in [-0.25, -0.2) is 4.79 Å². The third-order valence-electron chi connectivity index (χ3n) is 2.69. The molecule has 1 aliphatic heterocycles. The Morgan fingerprint density at radius 1 is 1.65 bits per heavy atom. The number of rotatable bonds is 3. The first kappa shape index (κ1) is 12.0. The van der Waals surface area contributed by atoms with Gasteiger partial charge in [0.2, 0.25) is 0 Å². The van der Waals surface area contributed by atoms with Crippen LogP contribution in [0.2, 0.25) is 5.02 Å². The van der Waals surface area contributed by atoms with Crippen LogP contribution in [0.3, 0.4) is 0 Å². The zero-order chi connectivity index (χ0) is 12.4. The van der Waals surface area contributed by atoms with E-state index < -0.39 is 0 Å². The van der Waals surface area contributed by atoms with Crippen LogP contribution in [0.5, 0.6) is 5.75 Å². The number of carbonyl (C=O) groups is 1. The highest BCUT2D eigenvalue weighted by Crippen LogP contribution is 2.32. The lowest BCUT2D eigenvalue weighted by Crippen LogP contribution is -2.33. The van der Waals surface area contributed by atoms with Gasteiger partial charge in [-0.2, -0.15) is 0 Å². The molecule has 1 aromatic carbocycles. The Morgan fingerprint density at radius 3 is 3.00 bits per heavy atom. The molecule has 0 radical (unpaired) electrons. The summed E-state index contributed by atoms with van der Waals surface area (Å²) in [6.45, 7) is 0.928. The van der Waals surface area contributed by atoms with Crippen molar-refractivity contribution in [3.05, 3.63) is 23.2 Å². The number of methoxy groups -OCH3 is 1. The molecule has 1 saturated heterocycles. The molecule has 0 spiro atoms. The zero-order valence-corrected chi connectivity index (χ0v) is 10.2. The molecule has 17 heavy (non-hydrogen) atoms. The van der Waals surface area contributed by atoms with Gasteiger partial charge in [-0.15, -0.1) is 0 Å². The molecule has 0 bridgehead atoms. The average molecular weight is 256 g/mol. The average Bonchev–Trinajstić information content (AvgIpc) is 2.70. The number of nitrogens with two attached hydrogens (primary N) is 1. The molecule has 1 aliphatic rings. The number of ether oxygens (including phenoxy) is 1. The number of benzene rings is 1. The fourth-order valence-electron chi connectivity index (χ4n) is 1.82. The summed E-state index contributed by atoms with van der Waals surface area (Å²) in [6.07, 6.45) is 0. The Bertz CT molecular complexity index is 439. The Kier molecular flexibility index (Phi) is 3.40. The van der Waals surface area contributed by atoms with E-state index in [0.29, 0.717) is 29.5 Å². The van der Waals surface area contributed by atoms with E-state index in [-0.39, 0.29) is 12.1 Å². The summed E-state index contributed by atoms with van der Waals surface area (Å²) in [5, 5.41) is 3.35. The molecule has 3 N–H and O–H groups in total. The largest absolute Gasteiger partial charge is 0.495 e. The minimum absolute atomic E-state index is 0.0359. The van der Waals surface area contributed by atoms with E-state index in [2.05, 4.69) is 5.32 Å². The molecule has 6 heteroatoms. The first-order chi connectivity index (χ1) is 8.15. The lowest BCUT2D eigenvalue weighted by Gasteiger charge is -2.18. The van der Waals surface area contributed by atoms with Crippen LogP contribution in [0.4, 0.5) is 10.5 Å². The van der Waals surface area contributed by atoms with Crippen LogP contribution < -0.4 is 20.7 Å². The SMILES string of the molecule is COc1ccc(Cl)cc1N1CC(CN)NC1=O. The van der Waals surface area contributed by atoms with E-state index in [4.69, 9.17) is 22.1 Å². The van der Waals surface area contributed by atoms with Gasteiger partial charge in [0.25, 0.3) is 0 Å². The topological polar surface area (TPSA) is 67.6 Å². The van der Waals surface area contributed by atoms with Crippen molar-refractivity contribution in [2.45, 2.75) is 6.04 Å². The summed E-state index contributed by atoms with van der Waals surface area (Å²) in [5.41, 5.74) is 6.20. The van der Waals surface area contributed by atoms with Crippen LogP contribution in [-0.4, -0.2) is 32.3 Å². The van der Waals surface area contributed by atoms with Crippen LogP contribution in [0.1, 0.15) is 0 Å². The van der Waals surface area contributed by atoms with E-state index in [1.54, 1.807) is 30.2 Å². The number of urea groups is 1. The number of nitrogens with zero attached hydrogens (tertiary/aromatic N) is 1. The number of hydrogen-bond donors (Lipinski definition) is 2. The van der Waals surface area contributed by atoms with Crippen molar-refractivity contribution in [1.29, 1.82) is 0 Å². The van der Waals surface area contributed by atoms with E-state index >= 15 is 0 Å². The second kappa shape index (κ2) is 4.81. The van der Waals surface area contributed by atoms with E-state index in [9.17, 15) is 4.79 Å². The van der Waals surface area contributed by atoms with Crippen LogP contribution in [0, 0.1) is 0 Å². The van der Waals surface area contributed by atoms with Gasteiger partial charge in [-0.3, -0.25) is 4.90 Å². The second-order valence-corrected chi connectivity index (χ2v) is 4.25. The smallest absolute Gasteiger partial charge is 0.322 e. The highest BCUT2D eigenvalue weighted by Gasteiger charge is 2.30. The number of carbonyl (C=O) groups excluding carboxylic acids is 1. The second-order valence-electron chi connectivity index (χ2n) is 3.81. The first-order valence-corrected chi connectivity index (χ1v) is 5.65. The van der Waals surface area contributed by atoms with Crippen molar-refractivity contribution < 1.29 is 9.53 Å². The van der Waals surface area contributed by atoms with Gasteiger partial charge in [0, 0.05) is 18.1 Å². The number of amides is 2. The van der Waals surface area contributed by atoms with Gasteiger partial charge in [0.1, 0.15) is 5.75 Å². The van der Waals surface area contributed by atoms with Crippen molar-refractivity contribution in [2.24, 2.45) is 5.73 Å². The number of anilines is 1. The summed E-state index contributed by atoms with van der Waals surface area (Å²) in [5.74, 6) is 0.613. The Balaban J connectivity index is 2.33. The Hall–Kier alpha value is -1.46. The number of hydrogen-bond acceptors (Lipinski definition) is 3. The zero-order valence-electron chi connectivity index (χ0n) is 9.44. The molecule has 1 heterocycles. The van der Waals surface area contributed by atoms with Crippen molar-refractivity contribution in [2.75, 3.05) is 25.1 Å². The third-order valence-corrected chi connectivity index (χ3v) is 2.93. The minimum Gasteiger partial charge on any atom is -0.495 e. The van der Waals surface area contributed by atoms with Crippen LogP contribution in [0.15, 0.2) is 18.2 Å². The highest BCUT2D eigenvalue weighted by molar-refractivity contribution is 6.31. The van der Waals surface area contributed by atoms with Crippen LogP contribution in [-0.2, 0) is 0 Å². The summed E-state index contributed by atoms with van der Waals surface area (Å²) in [7, 11) is 1.56. The molecule has 1 unspecified atom stereocenters. The van der Waals surface area contributed by atoms with Gasteiger partial charge in [0.15, 0.2) is 0 Å². The van der Waals surface area contributed by atoms with E-state index in [0.717, 1.165) is 0 Å². The lowest BCUT2D eigenvalue weighted by atomic mass is 10.2. The van der Waals surface area contributed by atoms with Crippen molar-refractivity contribution >= 4 is 23.3 Å². The minimum atomic E-state index is -0.180. The molecular weight excluding hydrogens is 242 g/mol. The molecular formula is C11H14ClN3O2. The standard InChI is InChI=1S/C11H14ClN3O2/c1-17-10-3-2-7(12)4-9(10)15-6-8(5-13)14-11(15)16/h2-4,8H,5-6,13H2,1H3,(H,14,16). The van der Waals surface area contributed by atoms with Crippen molar-refractivity contribution in [3.63, 3.8) is 0 Å². The maximum Gasteiger partial charge on any atom is 0.322 e. The maximum atomic E-state index is 11.8. The highest BCUT2D eigenvalue weighted by atomic mass is 35.5. The fraction of sp³-hybridized carbons (Fsp3) is 0.364. The van der Waals surface area contributed by atoms with Crippen LogP contribution >= 0.6 is 11.6 Å². The van der Waals surface area contributed by atoms with Gasteiger partial charge < -0.3 is 15.8 Å². The monoisotopic (exact) mass is 255 g/mol. The summed E-state index contributed by atoms with van der Waals surface area (Å²) >= 11 is 5.93. The van der Waals surface area contributed by atoms with Crippen molar-refractivity contribution in [3.8, 4) is 5.75 Å². The van der Waals surface area contributed by atoms with E-state index in [1.807, 2.05) is 0 Å². The molecule has 1 fully saturated rings. The lowest BCUT2D eigenvalue weighted by molar-refractivity contribution is 0.250. The quantitative estimate of drug-likeness (QED) is 0.853. The first-order valence-electron chi connectivity index (χ1n) is 5.27. The molecule has 2 amide bonds. The number of nitrogens with one attached hydrogen (secondary N) is 1. The molecule has 2 rings (SSSR count). The normalized spacial score (nSPS) is 19.4. The molecule has 92 valence electrons. The Morgan fingerprint density at radius 2 is 2.41 bits per heavy atom. The predicted molar refractivity (Wildman–Crippen MR) is 66.7 cm³/mol. The van der Waals surface area contributed by atoms with Crippen molar-refractivity contribution in [1.82, 2.24) is 5.32 Å². The molecule has 1 aromatic rings. The molecule has 5 nitrogen and oxygen atoms in total. The van der Waals surface area contributed by atoms with Crippen LogP contribution in [0.25, 0.3) is 0 Å². The van der Waals surface area contributed by atoms with Gasteiger partial charge >= 0.3 is 6.03 Å². The van der Waals surface area contributed by atoms with Gasteiger partial charge in [0.05, 0.1) is 18.8 Å². The third kappa shape index (κ3) is 2.30. The summed E-state index contributed by atoms with van der Waals surface area (Å²) in [6, 6.07) is 4.95. The Labute approximate surface area is 104 Å².